The highest BCUT2D eigenvalue weighted by Gasteiger charge is 2.59. The van der Waals surface area contributed by atoms with E-state index in [9.17, 15) is 0 Å². The molecule has 2 saturated carbocycles. The summed E-state index contributed by atoms with van der Waals surface area (Å²) in [6, 6.07) is 0.794. The van der Waals surface area contributed by atoms with E-state index in [2.05, 4.69) is 32.7 Å². The Hall–Kier alpha value is -0.120. The highest BCUT2D eigenvalue weighted by Crippen LogP contribution is 2.50. The molecule has 2 N–H and O–H groups in total. The molecule has 16 heavy (non-hydrogen) atoms. The van der Waals surface area contributed by atoms with Gasteiger partial charge < -0.3 is 15.4 Å². The topological polar surface area (TPSA) is 38.5 Å². The van der Waals surface area contributed by atoms with Crippen LogP contribution in [0.1, 0.15) is 40.0 Å². The molecule has 0 amide bonds. The van der Waals surface area contributed by atoms with Crippen LogP contribution in [0.2, 0.25) is 0 Å². The number of nitrogens with zero attached hydrogens (tertiary/aromatic N) is 1. The Labute approximate surface area is 99.3 Å². The Morgan fingerprint density at radius 3 is 2.44 bits per heavy atom. The number of likely N-dealkylation sites (N-methyl/N-ethyl adjacent to an activating group) is 1. The molecule has 2 rings (SSSR count). The lowest BCUT2D eigenvalue weighted by Crippen LogP contribution is -2.73. The third-order valence-corrected chi connectivity index (χ3v) is 4.71. The van der Waals surface area contributed by atoms with E-state index in [0.29, 0.717) is 6.10 Å². The van der Waals surface area contributed by atoms with Gasteiger partial charge in [-0.25, -0.2) is 0 Å². The van der Waals surface area contributed by atoms with E-state index in [1.54, 1.807) is 0 Å². The van der Waals surface area contributed by atoms with Crippen molar-refractivity contribution >= 4 is 0 Å². The molecule has 0 spiro atoms. The standard InChI is InChI=1S/C13H26N2O/c1-5-16-11-8-13(14,12(11,2)3)9-15(4)10-6-7-10/h10-11H,5-9,14H2,1-4H3. The van der Waals surface area contributed by atoms with Gasteiger partial charge in [-0.05, 0) is 33.2 Å². The van der Waals surface area contributed by atoms with Crippen LogP contribution in [0.15, 0.2) is 0 Å². The summed E-state index contributed by atoms with van der Waals surface area (Å²) in [6.07, 6.45) is 4.05. The zero-order chi connectivity index (χ0) is 12.0. The summed E-state index contributed by atoms with van der Waals surface area (Å²) in [5.41, 5.74) is 6.58. The van der Waals surface area contributed by atoms with Gasteiger partial charge in [0.15, 0.2) is 0 Å². The first-order valence-corrected chi connectivity index (χ1v) is 6.51. The molecule has 0 aromatic heterocycles. The summed E-state index contributed by atoms with van der Waals surface area (Å²) in [4.78, 5) is 2.43. The highest BCUT2D eigenvalue weighted by atomic mass is 16.5. The van der Waals surface area contributed by atoms with E-state index in [1.807, 2.05) is 0 Å². The fraction of sp³-hybridized carbons (Fsp3) is 1.00. The first-order chi connectivity index (χ1) is 7.40. The second kappa shape index (κ2) is 3.97. The van der Waals surface area contributed by atoms with Gasteiger partial charge in [-0.3, -0.25) is 0 Å². The first-order valence-electron chi connectivity index (χ1n) is 6.51. The number of ether oxygens (including phenoxy) is 1. The van der Waals surface area contributed by atoms with Gasteiger partial charge in [0.05, 0.1) is 6.10 Å². The van der Waals surface area contributed by atoms with Gasteiger partial charge in [-0.15, -0.1) is 0 Å². The third-order valence-electron chi connectivity index (χ3n) is 4.71. The average Bonchev–Trinajstić information content (AvgIpc) is 3.00. The summed E-state index contributed by atoms with van der Waals surface area (Å²) >= 11 is 0. The average molecular weight is 226 g/mol. The van der Waals surface area contributed by atoms with E-state index in [0.717, 1.165) is 25.6 Å². The Kier molecular flexibility index (Phi) is 3.06. The molecule has 0 radical (unpaired) electrons. The van der Waals surface area contributed by atoms with Crippen LogP contribution in [0.25, 0.3) is 0 Å². The summed E-state index contributed by atoms with van der Waals surface area (Å²) in [6.45, 7) is 8.36. The van der Waals surface area contributed by atoms with Crippen molar-refractivity contribution in [3.63, 3.8) is 0 Å². The van der Waals surface area contributed by atoms with Crippen molar-refractivity contribution in [2.75, 3.05) is 20.2 Å². The Balaban J connectivity index is 1.93. The van der Waals surface area contributed by atoms with Crippen molar-refractivity contribution in [2.24, 2.45) is 11.1 Å². The fourth-order valence-electron chi connectivity index (χ4n) is 2.86. The Morgan fingerprint density at radius 1 is 1.38 bits per heavy atom. The van der Waals surface area contributed by atoms with Gasteiger partial charge in [0.25, 0.3) is 0 Å². The molecule has 0 heterocycles. The monoisotopic (exact) mass is 226 g/mol. The smallest absolute Gasteiger partial charge is 0.0662 e. The van der Waals surface area contributed by atoms with Crippen LogP contribution in [0, 0.1) is 5.41 Å². The van der Waals surface area contributed by atoms with Crippen LogP contribution < -0.4 is 5.73 Å². The van der Waals surface area contributed by atoms with Crippen LogP contribution in [0.3, 0.4) is 0 Å². The molecule has 3 heteroatoms. The molecular weight excluding hydrogens is 200 g/mol. The van der Waals surface area contributed by atoms with E-state index >= 15 is 0 Å². The van der Waals surface area contributed by atoms with E-state index in [4.69, 9.17) is 10.5 Å². The molecular formula is C13H26N2O. The van der Waals surface area contributed by atoms with E-state index in [1.165, 1.54) is 12.8 Å². The summed E-state index contributed by atoms with van der Waals surface area (Å²) < 4.78 is 5.75. The van der Waals surface area contributed by atoms with Gasteiger partial charge in [0.1, 0.15) is 0 Å². The molecule has 2 aliphatic carbocycles. The van der Waals surface area contributed by atoms with Crippen LogP contribution in [0.4, 0.5) is 0 Å². The zero-order valence-corrected chi connectivity index (χ0v) is 11.1. The minimum absolute atomic E-state index is 0.0653. The maximum atomic E-state index is 6.55. The third kappa shape index (κ3) is 1.89. The second-order valence-electron chi connectivity index (χ2n) is 6.17. The molecule has 0 aliphatic heterocycles. The molecule has 2 fully saturated rings. The Bertz CT molecular complexity index is 263. The Morgan fingerprint density at radius 2 is 2.00 bits per heavy atom. The van der Waals surface area contributed by atoms with Crippen molar-refractivity contribution in [2.45, 2.75) is 57.7 Å². The van der Waals surface area contributed by atoms with Crippen LogP contribution in [-0.4, -0.2) is 42.8 Å². The number of rotatable bonds is 5. The normalized spacial score (nSPS) is 37.5. The quantitative estimate of drug-likeness (QED) is 0.774. The van der Waals surface area contributed by atoms with Gasteiger partial charge in [-0.2, -0.15) is 0 Å². The van der Waals surface area contributed by atoms with Gasteiger partial charge in [0.2, 0.25) is 0 Å². The van der Waals surface area contributed by atoms with Gasteiger partial charge >= 0.3 is 0 Å². The number of nitrogens with two attached hydrogens (primary N) is 1. The molecule has 94 valence electrons. The minimum atomic E-state index is -0.0653. The van der Waals surface area contributed by atoms with Crippen LogP contribution >= 0.6 is 0 Å². The van der Waals surface area contributed by atoms with Crippen molar-refractivity contribution in [1.29, 1.82) is 0 Å². The number of hydrogen-bond acceptors (Lipinski definition) is 3. The summed E-state index contributed by atoms with van der Waals surface area (Å²) in [5, 5.41) is 0. The zero-order valence-electron chi connectivity index (χ0n) is 11.1. The lowest BCUT2D eigenvalue weighted by molar-refractivity contribution is -0.155. The highest BCUT2D eigenvalue weighted by molar-refractivity contribution is 5.15. The van der Waals surface area contributed by atoms with Crippen LogP contribution in [-0.2, 0) is 4.74 Å². The minimum Gasteiger partial charge on any atom is -0.378 e. The molecule has 0 aromatic carbocycles. The van der Waals surface area contributed by atoms with Crippen molar-refractivity contribution < 1.29 is 4.74 Å². The molecule has 0 saturated heterocycles. The lowest BCUT2D eigenvalue weighted by Gasteiger charge is -2.60. The van der Waals surface area contributed by atoms with Crippen molar-refractivity contribution in [1.82, 2.24) is 4.90 Å². The van der Waals surface area contributed by atoms with E-state index in [-0.39, 0.29) is 11.0 Å². The molecule has 2 aliphatic rings. The maximum Gasteiger partial charge on any atom is 0.0662 e. The summed E-state index contributed by atoms with van der Waals surface area (Å²) in [7, 11) is 2.20. The molecule has 0 bridgehead atoms. The van der Waals surface area contributed by atoms with E-state index < -0.39 is 0 Å². The molecule has 2 atom stereocenters. The largest absolute Gasteiger partial charge is 0.378 e. The van der Waals surface area contributed by atoms with Crippen molar-refractivity contribution in [3.8, 4) is 0 Å². The lowest BCUT2D eigenvalue weighted by atomic mass is 9.54. The summed E-state index contributed by atoms with van der Waals surface area (Å²) in [5.74, 6) is 0. The second-order valence-corrected chi connectivity index (χ2v) is 6.17. The fourth-order valence-corrected chi connectivity index (χ4v) is 2.86. The van der Waals surface area contributed by atoms with Gasteiger partial charge in [0, 0.05) is 30.1 Å². The molecule has 2 unspecified atom stereocenters. The maximum absolute atomic E-state index is 6.55. The van der Waals surface area contributed by atoms with Crippen LogP contribution in [0.5, 0.6) is 0 Å². The molecule has 3 nitrogen and oxygen atoms in total. The molecule has 0 aromatic rings. The predicted octanol–water partition coefficient (Wildman–Crippen LogP) is 1.61. The predicted molar refractivity (Wildman–Crippen MR) is 66.4 cm³/mol. The SMILES string of the molecule is CCOC1CC(N)(CN(C)C2CC2)C1(C)C. The number of hydrogen-bond donors (Lipinski definition) is 1. The van der Waals surface area contributed by atoms with Crippen molar-refractivity contribution in [3.05, 3.63) is 0 Å². The first kappa shape index (κ1) is 12.3. The van der Waals surface area contributed by atoms with Gasteiger partial charge in [-0.1, -0.05) is 13.8 Å².